The highest BCUT2D eigenvalue weighted by Crippen LogP contribution is 2.37. The zero-order chi connectivity index (χ0) is 15.9. The molecular weight excluding hydrogens is 262 g/mol. The standard InChI is InChI=1S/C18H31NO2/c1-7-12-19-17(18(5,8-2)21-9-3)15-13-14(4)10-11-16(15)20-6/h10-11,13,17,19H,7-9,12H2,1-6H3. The van der Waals surface area contributed by atoms with Crippen LogP contribution in [-0.2, 0) is 4.74 Å². The number of aryl methyl sites for hydroxylation is 1. The van der Waals surface area contributed by atoms with E-state index in [1.54, 1.807) is 7.11 Å². The lowest BCUT2D eigenvalue weighted by Crippen LogP contribution is -2.44. The summed E-state index contributed by atoms with van der Waals surface area (Å²) in [5, 5.41) is 3.66. The molecule has 0 saturated carbocycles. The number of nitrogens with one attached hydrogen (secondary N) is 1. The van der Waals surface area contributed by atoms with Crippen LogP contribution in [0.5, 0.6) is 5.75 Å². The molecule has 0 saturated heterocycles. The predicted octanol–water partition coefficient (Wildman–Crippen LogP) is 4.25. The Labute approximate surface area is 130 Å². The number of methoxy groups -OCH3 is 1. The van der Waals surface area contributed by atoms with Crippen LogP contribution in [-0.4, -0.2) is 25.9 Å². The Morgan fingerprint density at radius 3 is 2.48 bits per heavy atom. The highest BCUT2D eigenvalue weighted by molar-refractivity contribution is 5.40. The average Bonchev–Trinajstić information content (AvgIpc) is 2.48. The maximum atomic E-state index is 6.11. The summed E-state index contributed by atoms with van der Waals surface area (Å²) in [5.41, 5.74) is 2.18. The van der Waals surface area contributed by atoms with Crippen molar-refractivity contribution in [1.29, 1.82) is 0 Å². The average molecular weight is 293 g/mol. The van der Waals surface area contributed by atoms with E-state index in [-0.39, 0.29) is 11.6 Å². The predicted molar refractivity (Wildman–Crippen MR) is 89.1 cm³/mol. The maximum Gasteiger partial charge on any atom is 0.123 e. The van der Waals surface area contributed by atoms with Gasteiger partial charge in [-0.15, -0.1) is 0 Å². The van der Waals surface area contributed by atoms with Gasteiger partial charge in [-0.25, -0.2) is 0 Å². The van der Waals surface area contributed by atoms with Crippen LogP contribution in [0.2, 0.25) is 0 Å². The second-order valence-electron chi connectivity index (χ2n) is 5.73. The van der Waals surface area contributed by atoms with Crippen LogP contribution in [0.3, 0.4) is 0 Å². The molecule has 1 aromatic carbocycles. The maximum absolute atomic E-state index is 6.11. The van der Waals surface area contributed by atoms with Gasteiger partial charge in [0.25, 0.3) is 0 Å². The first kappa shape index (κ1) is 18.0. The van der Waals surface area contributed by atoms with Crippen molar-refractivity contribution in [2.24, 2.45) is 0 Å². The van der Waals surface area contributed by atoms with Crippen molar-refractivity contribution in [3.63, 3.8) is 0 Å². The fourth-order valence-electron chi connectivity index (χ4n) is 2.74. The summed E-state index contributed by atoms with van der Waals surface area (Å²) in [6.07, 6.45) is 2.04. The van der Waals surface area contributed by atoms with E-state index in [1.165, 1.54) is 11.1 Å². The molecule has 1 rings (SSSR count). The van der Waals surface area contributed by atoms with Crippen LogP contribution < -0.4 is 10.1 Å². The van der Waals surface area contributed by atoms with E-state index >= 15 is 0 Å². The third-order valence-electron chi connectivity index (χ3n) is 4.08. The Kier molecular flexibility index (Phi) is 7.20. The highest BCUT2D eigenvalue weighted by atomic mass is 16.5. The Hall–Kier alpha value is -1.06. The van der Waals surface area contributed by atoms with Gasteiger partial charge in [-0.2, -0.15) is 0 Å². The van der Waals surface area contributed by atoms with Crippen molar-refractivity contribution in [1.82, 2.24) is 5.32 Å². The Balaban J connectivity index is 3.26. The molecule has 0 radical (unpaired) electrons. The van der Waals surface area contributed by atoms with E-state index in [2.05, 4.69) is 52.1 Å². The van der Waals surface area contributed by atoms with E-state index in [0.29, 0.717) is 6.61 Å². The van der Waals surface area contributed by atoms with Gasteiger partial charge in [-0.1, -0.05) is 31.5 Å². The van der Waals surface area contributed by atoms with Gasteiger partial charge in [-0.05, 0) is 46.2 Å². The minimum absolute atomic E-state index is 0.122. The zero-order valence-corrected chi connectivity index (χ0v) is 14.5. The first-order valence-corrected chi connectivity index (χ1v) is 8.04. The van der Waals surface area contributed by atoms with E-state index in [9.17, 15) is 0 Å². The third-order valence-corrected chi connectivity index (χ3v) is 4.08. The molecule has 1 N–H and O–H groups in total. The zero-order valence-electron chi connectivity index (χ0n) is 14.5. The minimum Gasteiger partial charge on any atom is -0.496 e. The smallest absolute Gasteiger partial charge is 0.123 e. The Morgan fingerprint density at radius 1 is 1.24 bits per heavy atom. The largest absolute Gasteiger partial charge is 0.496 e. The number of hydrogen-bond donors (Lipinski definition) is 1. The Morgan fingerprint density at radius 2 is 1.95 bits per heavy atom. The molecule has 1 aromatic rings. The molecule has 0 bridgehead atoms. The third kappa shape index (κ3) is 4.45. The van der Waals surface area contributed by atoms with Gasteiger partial charge in [0.2, 0.25) is 0 Å². The number of rotatable bonds is 9. The molecule has 120 valence electrons. The summed E-state index contributed by atoms with van der Waals surface area (Å²) in [6.45, 7) is 12.4. The van der Waals surface area contributed by atoms with Crippen LogP contribution in [0.1, 0.15) is 57.7 Å². The summed E-state index contributed by atoms with van der Waals surface area (Å²) in [4.78, 5) is 0. The van der Waals surface area contributed by atoms with E-state index in [1.807, 2.05) is 6.07 Å². The molecule has 2 unspecified atom stereocenters. The van der Waals surface area contributed by atoms with Crippen molar-refractivity contribution in [2.45, 2.75) is 59.1 Å². The summed E-state index contributed by atoms with van der Waals surface area (Å²) < 4.78 is 11.7. The Bertz CT molecular complexity index is 433. The SMILES string of the molecule is CCCNC(c1cc(C)ccc1OC)C(C)(CC)OCC. The van der Waals surface area contributed by atoms with Gasteiger partial charge >= 0.3 is 0 Å². The molecule has 0 aliphatic rings. The monoisotopic (exact) mass is 293 g/mol. The van der Waals surface area contributed by atoms with Gasteiger partial charge in [0.15, 0.2) is 0 Å². The van der Waals surface area contributed by atoms with Crippen molar-refractivity contribution in [2.75, 3.05) is 20.3 Å². The fourth-order valence-corrected chi connectivity index (χ4v) is 2.74. The summed E-state index contributed by atoms with van der Waals surface area (Å²) >= 11 is 0. The summed E-state index contributed by atoms with van der Waals surface area (Å²) in [5.74, 6) is 0.925. The van der Waals surface area contributed by atoms with Crippen molar-refractivity contribution in [3.05, 3.63) is 29.3 Å². The number of hydrogen-bond acceptors (Lipinski definition) is 3. The van der Waals surface area contributed by atoms with Crippen LogP contribution in [0.15, 0.2) is 18.2 Å². The summed E-state index contributed by atoms with van der Waals surface area (Å²) in [6, 6.07) is 6.47. The van der Waals surface area contributed by atoms with Crippen LogP contribution in [0.25, 0.3) is 0 Å². The molecule has 3 nitrogen and oxygen atoms in total. The molecule has 3 heteroatoms. The van der Waals surface area contributed by atoms with E-state index in [4.69, 9.17) is 9.47 Å². The second kappa shape index (κ2) is 8.40. The van der Waals surface area contributed by atoms with Crippen LogP contribution in [0.4, 0.5) is 0 Å². The second-order valence-corrected chi connectivity index (χ2v) is 5.73. The van der Waals surface area contributed by atoms with Crippen LogP contribution >= 0.6 is 0 Å². The molecule has 0 spiro atoms. The number of benzene rings is 1. The number of ether oxygens (including phenoxy) is 2. The normalized spacial score (nSPS) is 15.5. The molecule has 0 aliphatic carbocycles. The van der Waals surface area contributed by atoms with Gasteiger partial charge in [0.1, 0.15) is 5.75 Å². The van der Waals surface area contributed by atoms with Crippen molar-refractivity contribution in [3.8, 4) is 5.75 Å². The molecule has 21 heavy (non-hydrogen) atoms. The van der Waals surface area contributed by atoms with E-state index < -0.39 is 0 Å². The minimum atomic E-state index is -0.245. The van der Waals surface area contributed by atoms with Crippen molar-refractivity contribution >= 4 is 0 Å². The topological polar surface area (TPSA) is 30.5 Å². The first-order chi connectivity index (χ1) is 10.0. The molecule has 0 heterocycles. The lowest BCUT2D eigenvalue weighted by molar-refractivity contribution is -0.0567. The van der Waals surface area contributed by atoms with Gasteiger partial charge in [0.05, 0.1) is 18.8 Å². The first-order valence-electron chi connectivity index (χ1n) is 8.04. The van der Waals surface area contributed by atoms with Crippen LogP contribution in [0, 0.1) is 6.92 Å². The lowest BCUT2D eigenvalue weighted by Gasteiger charge is -2.38. The van der Waals surface area contributed by atoms with Gasteiger partial charge < -0.3 is 14.8 Å². The highest BCUT2D eigenvalue weighted by Gasteiger charge is 2.35. The quantitative estimate of drug-likeness (QED) is 0.738. The molecule has 2 atom stereocenters. The molecule has 0 fully saturated rings. The van der Waals surface area contributed by atoms with Gasteiger partial charge in [-0.3, -0.25) is 0 Å². The van der Waals surface area contributed by atoms with Gasteiger partial charge in [0, 0.05) is 12.2 Å². The molecule has 0 aliphatic heterocycles. The summed E-state index contributed by atoms with van der Waals surface area (Å²) in [7, 11) is 1.73. The lowest BCUT2D eigenvalue weighted by atomic mass is 9.86. The van der Waals surface area contributed by atoms with Crippen molar-refractivity contribution < 1.29 is 9.47 Å². The molecule has 0 amide bonds. The fraction of sp³-hybridized carbons (Fsp3) is 0.667. The molecular formula is C18H31NO2. The molecule has 0 aromatic heterocycles. The van der Waals surface area contributed by atoms with E-state index in [0.717, 1.165) is 25.1 Å².